The van der Waals surface area contributed by atoms with E-state index in [1.165, 1.54) is 0 Å². The van der Waals surface area contributed by atoms with Gasteiger partial charge in [-0.2, -0.15) is 0 Å². The standard InChI is InChI=1S/C11H12ClNOS/c1-2-3-9-11(14)13-8-5-4-7(12)6-10(8)15-9/h4-6,9H,2-3H2,1H3,(H,13,14). The Hall–Kier alpha value is -0.670. The molecule has 1 aliphatic heterocycles. The summed E-state index contributed by atoms with van der Waals surface area (Å²) in [6, 6.07) is 5.55. The van der Waals surface area contributed by atoms with Gasteiger partial charge in [0.05, 0.1) is 10.9 Å². The van der Waals surface area contributed by atoms with Crippen LogP contribution in [-0.4, -0.2) is 11.2 Å². The van der Waals surface area contributed by atoms with Crippen LogP contribution < -0.4 is 5.32 Å². The van der Waals surface area contributed by atoms with E-state index in [0.29, 0.717) is 5.02 Å². The van der Waals surface area contributed by atoms with Crippen LogP contribution in [0.1, 0.15) is 19.8 Å². The number of benzene rings is 1. The van der Waals surface area contributed by atoms with Crippen LogP contribution in [0.5, 0.6) is 0 Å². The highest BCUT2D eigenvalue weighted by Gasteiger charge is 2.25. The van der Waals surface area contributed by atoms with Crippen molar-refractivity contribution >= 4 is 35.0 Å². The predicted molar refractivity (Wildman–Crippen MR) is 64.6 cm³/mol. The molecular weight excluding hydrogens is 230 g/mol. The summed E-state index contributed by atoms with van der Waals surface area (Å²) in [4.78, 5) is 12.7. The first-order chi connectivity index (χ1) is 7.20. The van der Waals surface area contributed by atoms with Gasteiger partial charge in [0.15, 0.2) is 0 Å². The molecule has 1 unspecified atom stereocenters. The van der Waals surface area contributed by atoms with E-state index in [9.17, 15) is 4.79 Å². The topological polar surface area (TPSA) is 29.1 Å². The molecule has 0 fully saturated rings. The monoisotopic (exact) mass is 241 g/mol. The lowest BCUT2D eigenvalue weighted by atomic mass is 10.2. The Labute approximate surface area is 98.4 Å². The number of hydrogen-bond donors (Lipinski definition) is 1. The highest BCUT2D eigenvalue weighted by molar-refractivity contribution is 8.01. The molecule has 1 amide bonds. The third-order valence-electron chi connectivity index (χ3n) is 2.31. The molecular formula is C11H12ClNOS. The Bertz CT molecular complexity index is 394. The van der Waals surface area contributed by atoms with Gasteiger partial charge in [-0.3, -0.25) is 4.79 Å². The number of hydrogen-bond acceptors (Lipinski definition) is 2. The lowest BCUT2D eigenvalue weighted by Crippen LogP contribution is -2.28. The SMILES string of the molecule is CCCC1Sc2cc(Cl)ccc2NC1=O. The predicted octanol–water partition coefficient (Wildman–Crippen LogP) is 3.55. The molecule has 2 rings (SSSR count). The summed E-state index contributed by atoms with van der Waals surface area (Å²) < 4.78 is 0. The zero-order chi connectivity index (χ0) is 10.8. The largest absolute Gasteiger partial charge is 0.324 e. The second-order valence-electron chi connectivity index (χ2n) is 3.52. The summed E-state index contributed by atoms with van der Waals surface area (Å²) in [5, 5.41) is 3.65. The van der Waals surface area contributed by atoms with Crippen LogP contribution in [0.15, 0.2) is 23.1 Å². The summed E-state index contributed by atoms with van der Waals surface area (Å²) in [7, 11) is 0. The van der Waals surface area contributed by atoms with Crippen molar-refractivity contribution in [2.24, 2.45) is 0 Å². The van der Waals surface area contributed by atoms with Gasteiger partial charge in [-0.15, -0.1) is 11.8 Å². The van der Waals surface area contributed by atoms with Crippen LogP contribution in [-0.2, 0) is 4.79 Å². The molecule has 80 valence electrons. The van der Waals surface area contributed by atoms with E-state index < -0.39 is 0 Å². The van der Waals surface area contributed by atoms with E-state index in [0.717, 1.165) is 23.4 Å². The number of nitrogens with one attached hydrogen (secondary N) is 1. The number of thioether (sulfide) groups is 1. The summed E-state index contributed by atoms with van der Waals surface area (Å²) in [6.07, 6.45) is 1.92. The van der Waals surface area contributed by atoms with E-state index in [2.05, 4.69) is 12.2 Å². The average molecular weight is 242 g/mol. The van der Waals surface area contributed by atoms with Crippen LogP contribution >= 0.6 is 23.4 Å². The number of amides is 1. The van der Waals surface area contributed by atoms with Crippen LogP contribution in [0.4, 0.5) is 5.69 Å². The van der Waals surface area contributed by atoms with Crippen LogP contribution in [0, 0.1) is 0 Å². The highest BCUT2D eigenvalue weighted by atomic mass is 35.5. The van der Waals surface area contributed by atoms with Crippen molar-refractivity contribution in [3.05, 3.63) is 23.2 Å². The molecule has 1 atom stereocenters. The van der Waals surface area contributed by atoms with Crippen molar-refractivity contribution in [2.45, 2.75) is 29.9 Å². The highest BCUT2D eigenvalue weighted by Crippen LogP contribution is 2.38. The van der Waals surface area contributed by atoms with Crippen LogP contribution in [0.2, 0.25) is 5.02 Å². The molecule has 0 saturated heterocycles. The number of halogens is 1. The summed E-state index contributed by atoms with van der Waals surface area (Å²) in [6.45, 7) is 2.08. The van der Waals surface area contributed by atoms with Crippen molar-refractivity contribution < 1.29 is 4.79 Å². The first-order valence-corrected chi connectivity index (χ1v) is 6.23. The fourth-order valence-electron chi connectivity index (χ4n) is 1.57. The molecule has 2 nitrogen and oxygen atoms in total. The normalized spacial score (nSPS) is 19.6. The summed E-state index contributed by atoms with van der Waals surface area (Å²) >= 11 is 7.52. The molecule has 1 aliphatic rings. The van der Waals surface area contributed by atoms with E-state index in [-0.39, 0.29) is 11.2 Å². The van der Waals surface area contributed by atoms with Crippen molar-refractivity contribution in [3.63, 3.8) is 0 Å². The first-order valence-electron chi connectivity index (χ1n) is 4.97. The van der Waals surface area contributed by atoms with Crippen molar-refractivity contribution in [3.8, 4) is 0 Å². The van der Waals surface area contributed by atoms with Crippen LogP contribution in [0.25, 0.3) is 0 Å². The van der Waals surface area contributed by atoms with Gasteiger partial charge in [-0.05, 0) is 24.6 Å². The fraction of sp³-hybridized carbons (Fsp3) is 0.364. The minimum Gasteiger partial charge on any atom is -0.324 e. The van der Waals surface area contributed by atoms with E-state index in [1.807, 2.05) is 12.1 Å². The Kier molecular flexibility index (Phi) is 3.22. The number of carbonyl (C=O) groups excluding carboxylic acids is 1. The first kappa shape index (κ1) is 10.8. The molecule has 1 aromatic rings. The maximum Gasteiger partial charge on any atom is 0.237 e. The Morgan fingerprint density at radius 3 is 3.07 bits per heavy atom. The summed E-state index contributed by atoms with van der Waals surface area (Å²) in [5.74, 6) is 0.108. The molecule has 0 bridgehead atoms. The Morgan fingerprint density at radius 2 is 2.33 bits per heavy atom. The van der Waals surface area contributed by atoms with Crippen molar-refractivity contribution in [2.75, 3.05) is 5.32 Å². The second-order valence-corrected chi connectivity index (χ2v) is 5.21. The molecule has 1 aromatic carbocycles. The van der Waals surface area contributed by atoms with E-state index in [1.54, 1.807) is 17.8 Å². The minimum atomic E-state index is 0.0287. The lowest BCUT2D eigenvalue weighted by molar-refractivity contribution is -0.115. The molecule has 0 spiro atoms. The third kappa shape index (κ3) is 2.29. The van der Waals surface area contributed by atoms with Gasteiger partial charge < -0.3 is 5.32 Å². The van der Waals surface area contributed by atoms with Gasteiger partial charge in [0.1, 0.15) is 0 Å². The quantitative estimate of drug-likeness (QED) is 0.858. The maximum atomic E-state index is 11.7. The smallest absolute Gasteiger partial charge is 0.237 e. The zero-order valence-electron chi connectivity index (χ0n) is 8.42. The summed E-state index contributed by atoms with van der Waals surface area (Å²) in [5.41, 5.74) is 0.877. The molecule has 4 heteroatoms. The molecule has 1 N–H and O–H groups in total. The van der Waals surface area contributed by atoms with Gasteiger partial charge in [0, 0.05) is 9.92 Å². The van der Waals surface area contributed by atoms with Gasteiger partial charge in [-0.25, -0.2) is 0 Å². The van der Waals surface area contributed by atoms with E-state index >= 15 is 0 Å². The fourth-order valence-corrected chi connectivity index (χ4v) is 3.07. The zero-order valence-corrected chi connectivity index (χ0v) is 9.99. The van der Waals surface area contributed by atoms with Crippen LogP contribution in [0.3, 0.4) is 0 Å². The molecule has 15 heavy (non-hydrogen) atoms. The second kappa shape index (κ2) is 4.45. The molecule has 0 saturated carbocycles. The van der Waals surface area contributed by atoms with Crippen molar-refractivity contribution in [1.29, 1.82) is 0 Å². The Balaban J connectivity index is 2.26. The molecule has 0 aliphatic carbocycles. The Morgan fingerprint density at radius 1 is 1.53 bits per heavy atom. The van der Waals surface area contributed by atoms with Gasteiger partial charge >= 0.3 is 0 Å². The molecule has 0 aromatic heterocycles. The number of rotatable bonds is 2. The minimum absolute atomic E-state index is 0.0287. The number of carbonyl (C=O) groups is 1. The third-order valence-corrected chi connectivity index (χ3v) is 3.88. The van der Waals surface area contributed by atoms with Gasteiger partial charge in [0.2, 0.25) is 5.91 Å². The molecule has 1 heterocycles. The lowest BCUT2D eigenvalue weighted by Gasteiger charge is -2.23. The maximum absolute atomic E-state index is 11.7. The van der Waals surface area contributed by atoms with Crippen molar-refractivity contribution in [1.82, 2.24) is 0 Å². The molecule has 0 radical (unpaired) electrons. The van der Waals surface area contributed by atoms with E-state index in [4.69, 9.17) is 11.6 Å². The van der Waals surface area contributed by atoms with Gasteiger partial charge in [0.25, 0.3) is 0 Å². The average Bonchev–Trinajstić information content (AvgIpc) is 2.20. The van der Waals surface area contributed by atoms with Gasteiger partial charge in [-0.1, -0.05) is 24.9 Å². The number of anilines is 1. The number of fused-ring (bicyclic) bond motifs is 1.